The standard InChI is InChI=1S/C23H21ClFNO4S/c24-21-3-1-2-4-23(21)31(27,28)26-11-12-30-22-10-7-18(13-19(22)14-26)16-29-15-17-5-8-20(25)9-6-17/h1-10,13H,11-12,14-16H2. The molecule has 0 aromatic heterocycles. The summed E-state index contributed by atoms with van der Waals surface area (Å²) >= 11 is 6.14. The summed E-state index contributed by atoms with van der Waals surface area (Å²) in [4.78, 5) is 0.0823. The van der Waals surface area contributed by atoms with Gasteiger partial charge in [-0.25, -0.2) is 12.8 Å². The van der Waals surface area contributed by atoms with E-state index in [0.717, 1.165) is 16.7 Å². The fourth-order valence-electron chi connectivity index (χ4n) is 3.38. The molecule has 0 aliphatic carbocycles. The molecule has 0 bridgehead atoms. The van der Waals surface area contributed by atoms with Gasteiger partial charge in [-0.15, -0.1) is 0 Å². The number of benzene rings is 3. The zero-order valence-corrected chi connectivity index (χ0v) is 18.2. The molecule has 0 spiro atoms. The maximum absolute atomic E-state index is 13.1. The molecule has 0 saturated heterocycles. The summed E-state index contributed by atoms with van der Waals surface area (Å²) in [5, 5.41) is 0.191. The smallest absolute Gasteiger partial charge is 0.244 e. The first-order chi connectivity index (χ1) is 14.9. The summed E-state index contributed by atoms with van der Waals surface area (Å²) in [6.07, 6.45) is 0. The van der Waals surface area contributed by atoms with Gasteiger partial charge in [0.2, 0.25) is 10.0 Å². The minimum atomic E-state index is -3.77. The van der Waals surface area contributed by atoms with Crippen LogP contribution in [0.15, 0.2) is 71.6 Å². The van der Waals surface area contributed by atoms with Gasteiger partial charge in [-0.2, -0.15) is 4.31 Å². The highest BCUT2D eigenvalue weighted by Crippen LogP contribution is 2.30. The van der Waals surface area contributed by atoms with Gasteiger partial charge in [0.05, 0.1) is 18.2 Å². The Kier molecular flexibility index (Phi) is 6.57. The van der Waals surface area contributed by atoms with Gasteiger partial charge in [-0.3, -0.25) is 0 Å². The summed E-state index contributed by atoms with van der Waals surface area (Å²) < 4.78 is 52.2. The van der Waals surface area contributed by atoms with E-state index in [9.17, 15) is 12.8 Å². The SMILES string of the molecule is O=S(=O)(c1ccccc1Cl)N1CCOc2ccc(COCc3ccc(F)cc3)cc2C1. The number of halogens is 2. The average Bonchev–Trinajstić information content (AvgIpc) is 2.98. The molecule has 1 heterocycles. The van der Waals surface area contributed by atoms with E-state index in [1.54, 1.807) is 30.3 Å². The molecule has 0 N–H and O–H groups in total. The van der Waals surface area contributed by atoms with Crippen LogP contribution in [-0.2, 0) is 34.5 Å². The second-order valence-corrected chi connectivity index (χ2v) is 9.49. The zero-order chi connectivity index (χ0) is 21.8. The highest BCUT2D eigenvalue weighted by atomic mass is 35.5. The van der Waals surface area contributed by atoms with Crippen LogP contribution in [-0.4, -0.2) is 25.9 Å². The number of hydrogen-bond donors (Lipinski definition) is 0. The van der Waals surface area contributed by atoms with Crippen molar-refractivity contribution in [1.82, 2.24) is 4.31 Å². The van der Waals surface area contributed by atoms with E-state index >= 15 is 0 Å². The molecule has 4 rings (SSSR count). The van der Waals surface area contributed by atoms with E-state index in [4.69, 9.17) is 21.1 Å². The molecule has 0 amide bonds. The molecule has 0 radical (unpaired) electrons. The van der Waals surface area contributed by atoms with Crippen molar-refractivity contribution < 1.29 is 22.3 Å². The van der Waals surface area contributed by atoms with Gasteiger partial charge in [-0.1, -0.05) is 41.9 Å². The van der Waals surface area contributed by atoms with E-state index in [-0.39, 0.29) is 35.4 Å². The summed E-state index contributed by atoms with van der Waals surface area (Å²) in [5.41, 5.74) is 2.52. The Hall–Kier alpha value is -2.45. The van der Waals surface area contributed by atoms with Crippen molar-refractivity contribution in [1.29, 1.82) is 0 Å². The van der Waals surface area contributed by atoms with Gasteiger partial charge in [0.25, 0.3) is 0 Å². The van der Waals surface area contributed by atoms with Gasteiger partial charge >= 0.3 is 0 Å². The Morgan fingerprint density at radius 1 is 1.00 bits per heavy atom. The van der Waals surface area contributed by atoms with Crippen LogP contribution in [0.2, 0.25) is 5.02 Å². The zero-order valence-electron chi connectivity index (χ0n) is 16.6. The first-order valence-corrected chi connectivity index (χ1v) is 11.6. The maximum Gasteiger partial charge on any atom is 0.244 e. The lowest BCUT2D eigenvalue weighted by molar-refractivity contribution is 0.107. The van der Waals surface area contributed by atoms with E-state index in [1.165, 1.54) is 22.5 Å². The molecular formula is C23H21ClFNO4S. The Morgan fingerprint density at radius 3 is 2.48 bits per heavy atom. The molecule has 1 aliphatic heterocycles. The average molecular weight is 462 g/mol. The second kappa shape index (κ2) is 9.36. The molecule has 162 valence electrons. The van der Waals surface area contributed by atoms with E-state index in [0.29, 0.717) is 19.0 Å². The van der Waals surface area contributed by atoms with Gasteiger partial charge in [0.15, 0.2) is 0 Å². The topological polar surface area (TPSA) is 55.8 Å². The third kappa shape index (κ3) is 5.07. The number of rotatable bonds is 6. The van der Waals surface area contributed by atoms with E-state index in [1.807, 2.05) is 18.2 Å². The van der Waals surface area contributed by atoms with Gasteiger partial charge < -0.3 is 9.47 Å². The number of ether oxygens (including phenoxy) is 2. The minimum Gasteiger partial charge on any atom is -0.492 e. The van der Waals surface area contributed by atoms with Crippen LogP contribution < -0.4 is 4.74 Å². The first kappa shape index (κ1) is 21.8. The Morgan fingerprint density at radius 2 is 1.71 bits per heavy atom. The Balaban J connectivity index is 1.49. The van der Waals surface area contributed by atoms with Gasteiger partial charge in [-0.05, 0) is 47.5 Å². The molecule has 5 nitrogen and oxygen atoms in total. The Bertz CT molecular complexity index is 1170. The Labute approximate surface area is 186 Å². The second-order valence-electron chi connectivity index (χ2n) is 7.18. The molecule has 1 aliphatic rings. The van der Waals surface area contributed by atoms with Crippen LogP contribution in [0, 0.1) is 5.82 Å². The minimum absolute atomic E-state index is 0.0823. The number of sulfonamides is 1. The predicted octanol–water partition coefficient (Wildman–Crippen LogP) is 4.78. The molecule has 3 aromatic carbocycles. The molecular weight excluding hydrogens is 441 g/mol. The lowest BCUT2D eigenvalue weighted by atomic mass is 10.1. The molecule has 0 atom stereocenters. The van der Waals surface area contributed by atoms with Crippen LogP contribution in [0.1, 0.15) is 16.7 Å². The first-order valence-electron chi connectivity index (χ1n) is 9.75. The van der Waals surface area contributed by atoms with Crippen LogP contribution in [0.3, 0.4) is 0 Å². The number of fused-ring (bicyclic) bond motifs is 1. The fraction of sp³-hybridized carbons (Fsp3) is 0.217. The van der Waals surface area contributed by atoms with Crippen molar-refractivity contribution in [2.75, 3.05) is 13.2 Å². The predicted molar refractivity (Wildman–Crippen MR) is 116 cm³/mol. The normalized spacial score (nSPS) is 14.5. The third-order valence-corrected chi connectivity index (χ3v) is 7.32. The van der Waals surface area contributed by atoms with Gasteiger partial charge in [0, 0.05) is 18.7 Å². The van der Waals surface area contributed by atoms with Crippen molar-refractivity contribution in [2.24, 2.45) is 0 Å². The molecule has 0 saturated carbocycles. The summed E-state index contributed by atoms with van der Waals surface area (Å²) in [6, 6.07) is 18.2. The highest BCUT2D eigenvalue weighted by Gasteiger charge is 2.29. The van der Waals surface area contributed by atoms with Crippen LogP contribution in [0.5, 0.6) is 5.75 Å². The van der Waals surface area contributed by atoms with Crippen LogP contribution in [0.4, 0.5) is 4.39 Å². The lowest BCUT2D eigenvalue weighted by Gasteiger charge is -2.20. The van der Waals surface area contributed by atoms with Crippen molar-refractivity contribution >= 4 is 21.6 Å². The fourth-order valence-corrected chi connectivity index (χ4v) is 5.27. The van der Waals surface area contributed by atoms with Gasteiger partial charge in [0.1, 0.15) is 23.1 Å². The number of nitrogens with zero attached hydrogens (tertiary/aromatic N) is 1. The molecule has 8 heteroatoms. The quantitative estimate of drug-likeness (QED) is 0.530. The highest BCUT2D eigenvalue weighted by molar-refractivity contribution is 7.89. The van der Waals surface area contributed by atoms with E-state index < -0.39 is 10.0 Å². The van der Waals surface area contributed by atoms with E-state index in [2.05, 4.69) is 0 Å². The molecule has 0 fully saturated rings. The monoisotopic (exact) mass is 461 g/mol. The van der Waals surface area contributed by atoms with Crippen LogP contribution >= 0.6 is 11.6 Å². The molecule has 31 heavy (non-hydrogen) atoms. The third-order valence-electron chi connectivity index (χ3n) is 4.98. The summed E-state index contributed by atoms with van der Waals surface area (Å²) in [5.74, 6) is 0.366. The molecule has 3 aromatic rings. The summed E-state index contributed by atoms with van der Waals surface area (Å²) in [6.45, 7) is 1.33. The maximum atomic E-state index is 13.1. The van der Waals surface area contributed by atoms with Crippen molar-refractivity contribution in [3.8, 4) is 5.75 Å². The van der Waals surface area contributed by atoms with Crippen molar-refractivity contribution in [2.45, 2.75) is 24.7 Å². The van der Waals surface area contributed by atoms with Crippen molar-refractivity contribution in [3.05, 3.63) is 94.3 Å². The largest absolute Gasteiger partial charge is 0.492 e. The summed E-state index contributed by atoms with van der Waals surface area (Å²) in [7, 11) is -3.77. The van der Waals surface area contributed by atoms with Crippen molar-refractivity contribution in [3.63, 3.8) is 0 Å². The van der Waals surface area contributed by atoms with Crippen LogP contribution in [0.25, 0.3) is 0 Å². The number of hydrogen-bond acceptors (Lipinski definition) is 4. The molecule has 0 unspecified atom stereocenters. The lowest BCUT2D eigenvalue weighted by Crippen LogP contribution is -2.32.